The van der Waals surface area contributed by atoms with Gasteiger partial charge < -0.3 is 14.5 Å². The van der Waals surface area contributed by atoms with Crippen molar-refractivity contribution in [1.82, 2.24) is 14.5 Å². The van der Waals surface area contributed by atoms with E-state index in [9.17, 15) is 18.0 Å². The van der Waals surface area contributed by atoms with Gasteiger partial charge in [0.05, 0.1) is 16.4 Å². The Bertz CT molecular complexity index is 966. The van der Waals surface area contributed by atoms with Gasteiger partial charge in [0.2, 0.25) is 10.0 Å². The monoisotopic (exact) mass is 451 g/mol. The number of ether oxygens (including phenoxy) is 1. The van der Waals surface area contributed by atoms with Crippen molar-refractivity contribution in [1.29, 1.82) is 0 Å². The van der Waals surface area contributed by atoms with Gasteiger partial charge in [0.15, 0.2) is 0 Å². The Morgan fingerprint density at radius 2 is 1.67 bits per heavy atom. The van der Waals surface area contributed by atoms with Crippen molar-refractivity contribution in [2.75, 3.05) is 39.9 Å². The maximum Gasteiger partial charge on any atom is 0.264 e. The van der Waals surface area contributed by atoms with Gasteiger partial charge >= 0.3 is 0 Å². The zero-order valence-electron chi connectivity index (χ0n) is 16.9. The maximum absolute atomic E-state index is 12.8. The molecule has 1 aliphatic rings. The molecule has 0 radical (unpaired) electrons. The molecule has 1 aromatic carbocycles. The fourth-order valence-corrected chi connectivity index (χ4v) is 5.16. The normalized spacial score (nSPS) is 15.8. The molecule has 30 heavy (non-hydrogen) atoms. The first kappa shape index (κ1) is 22.4. The van der Waals surface area contributed by atoms with Crippen molar-refractivity contribution in [3.05, 3.63) is 52.2 Å². The lowest BCUT2D eigenvalue weighted by atomic mass is 10.2. The number of hydrogen-bond donors (Lipinski definition) is 1. The van der Waals surface area contributed by atoms with Crippen LogP contribution in [0.4, 0.5) is 0 Å². The van der Waals surface area contributed by atoms with Gasteiger partial charge in [-0.2, -0.15) is 0 Å². The predicted octanol–water partition coefficient (Wildman–Crippen LogP) is 1.66. The van der Waals surface area contributed by atoms with E-state index in [1.54, 1.807) is 22.8 Å². The molecule has 0 aliphatic carbocycles. The molecule has 1 aromatic heterocycles. The lowest BCUT2D eigenvalue weighted by molar-refractivity contribution is 0.0538. The number of nitrogens with one attached hydrogen (secondary N) is 1. The summed E-state index contributed by atoms with van der Waals surface area (Å²) in [5, 5.41) is 1.87. The summed E-state index contributed by atoms with van der Waals surface area (Å²) in [5.41, 5.74) is 0.414. The number of amides is 2. The van der Waals surface area contributed by atoms with E-state index in [-0.39, 0.29) is 29.4 Å². The molecule has 1 atom stereocenters. The van der Waals surface area contributed by atoms with E-state index in [4.69, 9.17) is 4.74 Å². The van der Waals surface area contributed by atoms with E-state index >= 15 is 0 Å². The summed E-state index contributed by atoms with van der Waals surface area (Å²) < 4.78 is 32.3. The molecule has 1 aliphatic heterocycles. The van der Waals surface area contributed by atoms with Gasteiger partial charge in [-0.15, -0.1) is 11.3 Å². The van der Waals surface area contributed by atoms with Crippen LogP contribution in [-0.2, 0) is 14.8 Å². The van der Waals surface area contributed by atoms with Crippen LogP contribution in [0.2, 0.25) is 0 Å². The molecule has 0 spiro atoms. The van der Waals surface area contributed by atoms with E-state index < -0.39 is 10.0 Å². The molecule has 0 saturated carbocycles. The van der Waals surface area contributed by atoms with Gasteiger partial charge in [-0.25, -0.2) is 13.1 Å². The molecule has 2 heterocycles. The van der Waals surface area contributed by atoms with Gasteiger partial charge in [0.1, 0.15) is 0 Å². The van der Waals surface area contributed by atoms with Crippen molar-refractivity contribution in [3.63, 3.8) is 0 Å². The third-order valence-corrected chi connectivity index (χ3v) is 7.23. The molecule has 162 valence electrons. The molecule has 3 rings (SSSR count). The molecule has 2 amide bonds. The van der Waals surface area contributed by atoms with Gasteiger partial charge in [-0.05, 0) is 42.6 Å². The Labute approximate surface area is 180 Å². The first-order chi connectivity index (χ1) is 14.3. The van der Waals surface area contributed by atoms with Crippen molar-refractivity contribution in [2.24, 2.45) is 0 Å². The van der Waals surface area contributed by atoms with Gasteiger partial charge in [-0.3, -0.25) is 9.59 Å². The SMILES string of the molecule is COC[C@H](C)NS(=O)(=O)c1ccc(C(=O)N2CCN(C(=O)c3cccs3)CC2)cc1. The first-order valence-electron chi connectivity index (χ1n) is 9.55. The highest BCUT2D eigenvalue weighted by Gasteiger charge is 2.26. The third-order valence-electron chi connectivity index (χ3n) is 4.77. The predicted molar refractivity (Wildman–Crippen MR) is 114 cm³/mol. The molecule has 0 unspecified atom stereocenters. The number of thiophene rings is 1. The van der Waals surface area contributed by atoms with E-state index in [1.807, 2.05) is 11.4 Å². The zero-order chi connectivity index (χ0) is 21.7. The molecule has 1 N–H and O–H groups in total. The van der Waals surface area contributed by atoms with Gasteiger partial charge in [0.25, 0.3) is 11.8 Å². The maximum atomic E-state index is 12.8. The lowest BCUT2D eigenvalue weighted by Gasteiger charge is -2.34. The van der Waals surface area contributed by atoms with Crippen LogP contribution in [0.1, 0.15) is 27.0 Å². The highest BCUT2D eigenvalue weighted by Crippen LogP contribution is 2.16. The number of sulfonamides is 1. The molecule has 10 heteroatoms. The highest BCUT2D eigenvalue weighted by molar-refractivity contribution is 7.89. The number of piperazine rings is 1. The second-order valence-corrected chi connectivity index (χ2v) is 9.73. The van der Waals surface area contributed by atoms with E-state index in [1.165, 1.54) is 42.7 Å². The second kappa shape index (κ2) is 9.69. The molecule has 8 nitrogen and oxygen atoms in total. The van der Waals surface area contributed by atoms with Crippen molar-refractivity contribution in [3.8, 4) is 0 Å². The zero-order valence-corrected chi connectivity index (χ0v) is 18.5. The standard InChI is InChI=1S/C20H25N3O5S2/c1-15(14-28-2)21-30(26,27)17-7-5-16(6-8-17)19(24)22-9-11-23(12-10-22)20(25)18-4-3-13-29-18/h3-8,13,15,21H,9-12,14H2,1-2H3/t15-/m0/s1. The van der Waals surface area contributed by atoms with Crippen LogP contribution in [-0.4, -0.2) is 76.0 Å². The Kier molecular flexibility index (Phi) is 7.24. The summed E-state index contributed by atoms with van der Waals surface area (Å²) in [6, 6.07) is 9.15. The number of nitrogens with zero attached hydrogens (tertiary/aromatic N) is 2. The van der Waals surface area contributed by atoms with Crippen LogP contribution in [0.25, 0.3) is 0 Å². The van der Waals surface area contributed by atoms with Gasteiger partial charge in [0, 0.05) is 44.9 Å². The average molecular weight is 452 g/mol. The summed E-state index contributed by atoms with van der Waals surface area (Å²) in [6.45, 7) is 3.78. The molecule has 2 aromatic rings. The summed E-state index contributed by atoms with van der Waals surface area (Å²) in [6.07, 6.45) is 0. The molecule has 1 fully saturated rings. The number of methoxy groups -OCH3 is 1. The number of hydrogen-bond acceptors (Lipinski definition) is 6. The van der Waals surface area contributed by atoms with Crippen molar-refractivity contribution < 1.29 is 22.7 Å². The quantitative estimate of drug-likeness (QED) is 0.691. The Morgan fingerprint density at radius 1 is 1.07 bits per heavy atom. The molecular formula is C20H25N3O5S2. The van der Waals surface area contributed by atoms with Gasteiger partial charge in [-0.1, -0.05) is 6.07 Å². The topological polar surface area (TPSA) is 96.0 Å². The number of benzene rings is 1. The fraction of sp³-hybridized carbons (Fsp3) is 0.400. The molecule has 0 bridgehead atoms. The van der Waals surface area contributed by atoms with E-state index in [0.29, 0.717) is 36.6 Å². The Morgan fingerprint density at radius 3 is 2.20 bits per heavy atom. The minimum absolute atomic E-state index is 0.0122. The minimum Gasteiger partial charge on any atom is -0.383 e. The minimum atomic E-state index is -3.69. The third kappa shape index (κ3) is 5.25. The number of rotatable bonds is 7. The summed E-state index contributed by atoms with van der Waals surface area (Å²) in [4.78, 5) is 29.4. The number of carbonyl (C=O) groups excluding carboxylic acids is 2. The summed E-state index contributed by atoms with van der Waals surface area (Å²) in [5.74, 6) is -0.190. The Hall–Kier alpha value is -2.27. The van der Waals surface area contributed by atoms with Crippen LogP contribution in [0.5, 0.6) is 0 Å². The molecule has 1 saturated heterocycles. The lowest BCUT2D eigenvalue weighted by Crippen LogP contribution is -2.50. The van der Waals surface area contributed by atoms with Crippen molar-refractivity contribution >= 4 is 33.2 Å². The van der Waals surface area contributed by atoms with Crippen LogP contribution in [0, 0.1) is 0 Å². The Balaban J connectivity index is 1.59. The van der Waals surface area contributed by atoms with Crippen molar-refractivity contribution in [2.45, 2.75) is 17.9 Å². The van der Waals surface area contributed by atoms with Crippen LogP contribution in [0.3, 0.4) is 0 Å². The first-order valence-corrected chi connectivity index (χ1v) is 11.9. The summed E-state index contributed by atoms with van der Waals surface area (Å²) in [7, 11) is -2.18. The average Bonchev–Trinajstić information content (AvgIpc) is 3.27. The largest absolute Gasteiger partial charge is 0.383 e. The van der Waals surface area contributed by atoms with E-state index in [2.05, 4.69) is 4.72 Å². The molecular weight excluding hydrogens is 426 g/mol. The highest BCUT2D eigenvalue weighted by atomic mass is 32.2. The number of carbonyl (C=O) groups is 2. The van der Waals surface area contributed by atoms with E-state index in [0.717, 1.165) is 0 Å². The summed E-state index contributed by atoms with van der Waals surface area (Å²) >= 11 is 1.41. The second-order valence-electron chi connectivity index (χ2n) is 7.06. The smallest absolute Gasteiger partial charge is 0.264 e. The van der Waals surface area contributed by atoms with Crippen LogP contribution >= 0.6 is 11.3 Å². The van der Waals surface area contributed by atoms with Crippen LogP contribution in [0.15, 0.2) is 46.7 Å². The van der Waals surface area contributed by atoms with Crippen LogP contribution < -0.4 is 4.72 Å². The fourth-order valence-electron chi connectivity index (χ4n) is 3.24.